The van der Waals surface area contributed by atoms with E-state index in [1.165, 1.54) is 29.9 Å². The van der Waals surface area contributed by atoms with E-state index in [1.54, 1.807) is 6.21 Å². The SMILES string of the molecule is Cc1ccc(C)n1-c1ccc(C(=O)N/N=C\c2ccc(N3CCCC3)cc2)cc1. The number of hydrogen-bond acceptors (Lipinski definition) is 3. The van der Waals surface area contributed by atoms with Crippen LogP contribution in [-0.4, -0.2) is 29.8 Å². The lowest BCUT2D eigenvalue weighted by atomic mass is 10.2. The Morgan fingerprint density at radius 2 is 1.45 bits per heavy atom. The second kappa shape index (κ2) is 8.35. The predicted molar refractivity (Wildman–Crippen MR) is 118 cm³/mol. The Morgan fingerprint density at radius 1 is 0.862 bits per heavy atom. The van der Waals surface area contributed by atoms with Gasteiger partial charge < -0.3 is 9.47 Å². The molecule has 1 fully saturated rings. The van der Waals surface area contributed by atoms with Crippen LogP contribution < -0.4 is 10.3 Å². The highest BCUT2D eigenvalue weighted by atomic mass is 16.2. The fourth-order valence-corrected chi connectivity index (χ4v) is 3.81. The van der Waals surface area contributed by atoms with Crippen molar-refractivity contribution in [2.75, 3.05) is 18.0 Å². The first-order chi connectivity index (χ1) is 14.1. The molecule has 148 valence electrons. The van der Waals surface area contributed by atoms with Gasteiger partial charge in [-0.2, -0.15) is 5.10 Å². The van der Waals surface area contributed by atoms with Gasteiger partial charge in [0.15, 0.2) is 0 Å². The number of hydrogen-bond donors (Lipinski definition) is 1. The molecule has 0 spiro atoms. The minimum Gasteiger partial charge on any atom is -0.372 e. The van der Waals surface area contributed by atoms with Crippen LogP contribution in [0.5, 0.6) is 0 Å². The van der Waals surface area contributed by atoms with E-state index < -0.39 is 0 Å². The van der Waals surface area contributed by atoms with Crippen LogP contribution in [-0.2, 0) is 0 Å². The Bertz CT molecular complexity index is 991. The van der Waals surface area contributed by atoms with E-state index in [2.05, 4.69) is 58.1 Å². The van der Waals surface area contributed by atoms with Gasteiger partial charge in [0, 0.05) is 41.4 Å². The third-order valence-electron chi connectivity index (χ3n) is 5.40. The number of aryl methyl sites for hydroxylation is 2. The summed E-state index contributed by atoms with van der Waals surface area (Å²) < 4.78 is 2.16. The van der Waals surface area contributed by atoms with Gasteiger partial charge in [-0.25, -0.2) is 5.43 Å². The molecule has 0 atom stereocenters. The minimum atomic E-state index is -0.220. The van der Waals surface area contributed by atoms with Crippen molar-refractivity contribution in [3.8, 4) is 5.69 Å². The van der Waals surface area contributed by atoms with E-state index in [9.17, 15) is 4.79 Å². The van der Waals surface area contributed by atoms with Crippen molar-refractivity contribution in [3.05, 3.63) is 83.2 Å². The highest BCUT2D eigenvalue weighted by Gasteiger charge is 2.11. The van der Waals surface area contributed by atoms with Crippen molar-refractivity contribution in [3.63, 3.8) is 0 Å². The van der Waals surface area contributed by atoms with E-state index in [-0.39, 0.29) is 5.91 Å². The molecule has 1 aliphatic heterocycles. The Morgan fingerprint density at radius 3 is 2.07 bits per heavy atom. The first-order valence-corrected chi connectivity index (χ1v) is 10.1. The molecule has 3 aromatic rings. The zero-order valence-corrected chi connectivity index (χ0v) is 16.9. The molecule has 0 unspecified atom stereocenters. The summed E-state index contributed by atoms with van der Waals surface area (Å²) in [6.07, 6.45) is 4.20. The van der Waals surface area contributed by atoms with Crippen LogP contribution in [0.4, 0.5) is 5.69 Å². The first-order valence-electron chi connectivity index (χ1n) is 10.1. The number of hydrazone groups is 1. The van der Waals surface area contributed by atoms with Gasteiger partial charge in [0.1, 0.15) is 0 Å². The summed E-state index contributed by atoms with van der Waals surface area (Å²) in [5.41, 5.74) is 8.77. The normalized spacial score (nSPS) is 13.9. The standard InChI is InChI=1S/C24H26N4O/c1-18-5-6-19(2)28(18)23-13-9-21(10-14-23)24(29)26-25-17-20-7-11-22(12-8-20)27-15-3-4-16-27/h5-14,17H,3-4,15-16H2,1-2H3,(H,26,29)/b25-17-. The molecule has 5 nitrogen and oxygen atoms in total. The summed E-state index contributed by atoms with van der Waals surface area (Å²) in [7, 11) is 0. The summed E-state index contributed by atoms with van der Waals surface area (Å²) in [6, 6.07) is 20.0. The second-order valence-corrected chi connectivity index (χ2v) is 7.48. The van der Waals surface area contributed by atoms with E-state index in [1.807, 2.05) is 36.4 Å². The van der Waals surface area contributed by atoms with Crippen molar-refractivity contribution < 1.29 is 4.79 Å². The molecule has 1 amide bonds. The van der Waals surface area contributed by atoms with E-state index in [0.717, 1.165) is 24.3 Å². The average molecular weight is 386 g/mol. The highest BCUT2D eigenvalue weighted by molar-refractivity contribution is 5.95. The number of aromatic nitrogens is 1. The van der Waals surface area contributed by atoms with Gasteiger partial charge in [-0.1, -0.05) is 12.1 Å². The van der Waals surface area contributed by atoms with Gasteiger partial charge in [-0.15, -0.1) is 0 Å². The molecule has 2 heterocycles. The molecule has 2 aromatic carbocycles. The Labute approximate surface area is 171 Å². The quantitative estimate of drug-likeness (QED) is 0.520. The van der Waals surface area contributed by atoms with Gasteiger partial charge in [-0.05, 0) is 80.8 Å². The van der Waals surface area contributed by atoms with Crippen LogP contribution in [0.1, 0.15) is 40.2 Å². The molecule has 0 radical (unpaired) electrons. The number of rotatable bonds is 5. The molecule has 0 bridgehead atoms. The molecule has 1 aliphatic rings. The Balaban J connectivity index is 1.36. The average Bonchev–Trinajstić information content (AvgIpc) is 3.39. The zero-order valence-electron chi connectivity index (χ0n) is 16.9. The lowest BCUT2D eigenvalue weighted by Crippen LogP contribution is -2.18. The number of carbonyl (C=O) groups excluding carboxylic acids is 1. The Kier molecular flexibility index (Phi) is 5.47. The summed E-state index contributed by atoms with van der Waals surface area (Å²) in [5.74, 6) is -0.220. The monoisotopic (exact) mass is 386 g/mol. The van der Waals surface area contributed by atoms with Gasteiger partial charge in [0.25, 0.3) is 5.91 Å². The smallest absolute Gasteiger partial charge is 0.271 e. The van der Waals surface area contributed by atoms with Gasteiger partial charge in [-0.3, -0.25) is 4.79 Å². The summed E-state index contributed by atoms with van der Waals surface area (Å²) >= 11 is 0. The maximum absolute atomic E-state index is 12.4. The zero-order chi connectivity index (χ0) is 20.2. The third kappa shape index (κ3) is 4.24. The lowest BCUT2D eigenvalue weighted by Gasteiger charge is -2.17. The molecular formula is C24H26N4O. The summed E-state index contributed by atoms with van der Waals surface area (Å²) in [6.45, 7) is 6.40. The van der Waals surface area contributed by atoms with Gasteiger partial charge in [0.2, 0.25) is 0 Å². The minimum absolute atomic E-state index is 0.220. The van der Waals surface area contributed by atoms with Crippen molar-refractivity contribution in [2.24, 2.45) is 5.10 Å². The fraction of sp³-hybridized carbons (Fsp3) is 0.250. The van der Waals surface area contributed by atoms with Crippen LogP contribution >= 0.6 is 0 Å². The number of amides is 1. The number of nitrogens with zero attached hydrogens (tertiary/aromatic N) is 3. The van der Waals surface area contributed by atoms with E-state index in [0.29, 0.717) is 5.56 Å². The van der Waals surface area contributed by atoms with Crippen LogP contribution in [0.2, 0.25) is 0 Å². The molecule has 0 saturated carbocycles. The van der Waals surface area contributed by atoms with Crippen molar-refractivity contribution in [1.82, 2.24) is 9.99 Å². The maximum atomic E-state index is 12.4. The largest absolute Gasteiger partial charge is 0.372 e. The van der Waals surface area contributed by atoms with E-state index >= 15 is 0 Å². The van der Waals surface area contributed by atoms with Crippen molar-refractivity contribution in [2.45, 2.75) is 26.7 Å². The highest BCUT2D eigenvalue weighted by Crippen LogP contribution is 2.20. The predicted octanol–water partition coefficient (Wildman–Crippen LogP) is 4.46. The topological polar surface area (TPSA) is 49.6 Å². The van der Waals surface area contributed by atoms with Crippen LogP contribution in [0.25, 0.3) is 5.69 Å². The van der Waals surface area contributed by atoms with Gasteiger partial charge >= 0.3 is 0 Å². The lowest BCUT2D eigenvalue weighted by molar-refractivity contribution is 0.0955. The van der Waals surface area contributed by atoms with Crippen LogP contribution in [0, 0.1) is 13.8 Å². The number of carbonyl (C=O) groups is 1. The number of benzene rings is 2. The fourth-order valence-electron chi connectivity index (χ4n) is 3.81. The maximum Gasteiger partial charge on any atom is 0.271 e. The van der Waals surface area contributed by atoms with E-state index in [4.69, 9.17) is 0 Å². The van der Waals surface area contributed by atoms with Crippen molar-refractivity contribution in [1.29, 1.82) is 0 Å². The number of nitrogens with one attached hydrogen (secondary N) is 1. The molecular weight excluding hydrogens is 360 g/mol. The first kappa shape index (κ1) is 19.0. The molecule has 29 heavy (non-hydrogen) atoms. The third-order valence-corrected chi connectivity index (χ3v) is 5.40. The summed E-state index contributed by atoms with van der Waals surface area (Å²) in [5, 5.41) is 4.10. The number of anilines is 1. The molecule has 1 saturated heterocycles. The summed E-state index contributed by atoms with van der Waals surface area (Å²) in [4.78, 5) is 14.7. The molecule has 1 N–H and O–H groups in total. The van der Waals surface area contributed by atoms with Crippen molar-refractivity contribution >= 4 is 17.8 Å². The van der Waals surface area contributed by atoms with Crippen LogP contribution in [0.3, 0.4) is 0 Å². The molecule has 1 aromatic heterocycles. The molecule has 5 heteroatoms. The van der Waals surface area contributed by atoms with Gasteiger partial charge in [0.05, 0.1) is 6.21 Å². The van der Waals surface area contributed by atoms with Crippen LogP contribution in [0.15, 0.2) is 65.8 Å². The molecule has 0 aliphatic carbocycles. The Hall–Kier alpha value is -3.34. The molecule has 4 rings (SSSR count). The second-order valence-electron chi connectivity index (χ2n) is 7.48.